The van der Waals surface area contributed by atoms with E-state index in [-0.39, 0.29) is 42.1 Å². The minimum absolute atomic E-state index is 0.00822. The molecule has 33 heavy (non-hydrogen) atoms. The van der Waals surface area contributed by atoms with Crippen molar-refractivity contribution in [2.75, 3.05) is 31.2 Å². The van der Waals surface area contributed by atoms with Crippen LogP contribution in [0.5, 0.6) is 0 Å². The van der Waals surface area contributed by atoms with Crippen LogP contribution in [0.25, 0.3) is 0 Å². The van der Waals surface area contributed by atoms with E-state index in [1.54, 1.807) is 9.80 Å². The van der Waals surface area contributed by atoms with Gasteiger partial charge < -0.3 is 19.3 Å². The van der Waals surface area contributed by atoms with Gasteiger partial charge in [-0.2, -0.15) is 5.10 Å². The van der Waals surface area contributed by atoms with Crippen molar-refractivity contribution in [3.63, 3.8) is 0 Å². The van der Waals surface area contributed by atoms with E-state index in [2.05, 4.69) is 5.10 Å². The molecular weight excluding hydrogens is 424 g/mol. The van der Waals surface area contributed by atoms with Crippen molar-refractivity contribution in [3.8, 4) is 0 Å². The summed E-state index contributed by atoms with van der Waals surface area (Å²) in [4.78, 5) is 41.8. The number of hydrogen-bond acceptors (Lipinski definition) is 6. The second-order valence-electron chi connectivity index (χ2n) is 8.88. The van der Waals surface area contributed by atoms with Crippen molar-refractivity contribution in [2.24, 2.45) is 0 Å². The number of anilines is 1. The highest BCUT2D eigenvalue weighted by Crippen LogP contribution is 2.33. The molecule has 0 bridgehead atoms. The predicted molar refractivity (Wildman–Crippen MR) is 120 cm³/mol. The summed E-state index contributed by atoms with van der Waals surface area (Å²) in [5.74, 6) is -0.823. The van der Waals surface area contributed by atoms with Crippen molar-refractivity contribution >= 4 is 17.5 Å². The molecule has 3 aliphatic heterocycles. The number of benzene rings is 1. The average molecular weight is 453 g/mol. The first-order valence-electron chi connectivity index (χ1n) is 11.5. The molecule has 9 nitrogen and oxygen atoms in total. The maximum Gasteiger partial charge on any atom is 0.278 e. The summed E-state index contributed by atoms with van der Waals surface area (Å²) in [6.07, 6.45) is 2.22. The third-order valence-electron chi connectivity index (χ3n) is 6.74. The Kier molecular flexibility index (Phi) is 5.76. The third kappa shape index (κ3) is 4.18. The van der Waals surface area contributed by atoms with Crippen LogP contribution in [0.2, 0.25) is 0 Å². The fourth-order valence-electron chi connectivity index (χ4n) is 4.96. The molecule has 1 atom stereocenters. The lowest BCUT2D eigenvalue weighted by atomic mass is 10.0. The van der Waals surface area contributed by atoms with E-state index in [4.69, 9.17) is 9.47 Å². The van der Waals surface area contributed by atoms with Crippen LogP contribution in [-0.2, 0) is 27.2 Å². The minimum atomic E-state index is -0.532. The van der Waals surface area contributed by atoms with Crippen molar-refractivity contribution in [1.29, 1.82) is 0 Å². The van der Waals surface area contributed by atoms with Crippen LogP contribution >= 0.6 is 0 Å². The molecule has 2 aromatic rings. The Morgan fingerprint density at radius 3 is 2.58 bits per heavy atom. The number of ether oxygens (including phenoxy) is 2. The summed E-state index contributed by atoms with van der Waals surface area (Å²) in [6.45, 7) is 4.44. The van der Waals surface area contributed by atoms with Crippen LogP contribution in [0.1, 0.15) is 42.2 Å². The molecule has 3 aliphatic rings. The fraction of sp³-hybridized carbons (Fsp3) is 0.500. The number of piperidine rings is 1. The van der Waals surface area contributed by atoms with Crippen LogP contribution in [0, 0.1) is 0 Å². The number of fused-ring (bicyclic) bond motifs is 1. The molecule has 0 N–H and O–H groups in total. The molecule has 1 spiro atoms. The predicted octanol–water partition coefficient (Wildman–Crippen LogP) is 1.59. The van der Waals surface area contributed by atoms with E-state index >= 15 is 0 Å². The summed E-state index contributed by atoms with van der Waals surface area (Å²) in [5, 5.41) is 4.30. The monoisotopic (exact) mass is 452 g/mol. The van der Waals surface area contributed by atoms with E-state index in [0.717, 1.165) is 17.7 Å². The average Bonchev–Trinajstić information content (AvgIpc) is 3.41. The molecule has 1 aromatic carbocycles. The number of aryl methyl sites for hydroxylation is 1. The molecule has 4 heterocycles. The molecular formula is C24H28N4O5. The maximum atomic E-state index is 13.2. The van der Waals surface area contributed by atoms with Gasteiger partial charge in [0.1, 0.15) is 5.69 Å². The highest BCUT2D eigenvalue weighted by Gasteiger charge is 2.40. The van der Waals surface area contributed by atoms with Crippen LogP contribution in [0.3, 0.4) is 0 Å². The van der Waals surface area contributed by atoms with Gasteiger partial charge in [0.05, 0.1) is 19.8 Å². The smallest absolute Gasteiger partial charge is 0.278 e. The summed E-state index contributed by atoms with van der Waals surface area (Å²) >= 11 is 0. The highest BCUT2D eigenvalue weighted by atomic mass is 16.7. The number of carbonyl (C=O) groups excluding carboxylic acids is 2. The molecule has 1 unspecified atom stereocenters. The molecule has 0 aliphatic carbocycles. The second kappa shape index (κ2) is 8.72. The fourth-order valence-corrected chi connectivity index (χ4v) is 4.96. The van der Waals surface area contributed by atoms with Crippen molar-refractivity contribution in [1.82, 2.24) is 14.7 Å². The summed E-state index contributed by atoms with van der Waals surface area (Å²) < 4.78 is 12.6. The van der Waals surface area contributed by atoms with Gasteiger partial charge in [-0.1, -0.05) is 18.2 Å². The molecule has 1 aromatic heterocycles. The minimum Gasteiger partial charge on any atom is -0.347 e. The van der Waals surface area contributed by atoms with Crippen LogP contribution in [-0.4, -0.2) is 64.6 Å². The Hall–Kier alpha value is -3.04. The Morgan fingerprint density at radius 1 is 1.09 bits per heavy atom. The van der Waals surface area contributed by atoms with E-state index in [9.17, 15) is 14.4 Å². The topological polar surface area (TPSA) is 94.0 Å². The van der Waals surface area contributed by atoms with Gasteiger partial charge in [-0.05, 0) is 31.0 Å². The normalized spacial score (nSPS) is 21.4. The van der Waals surface area contributed by atoms with Crippen LogP contribution in [0.15, 0.2) is 41.2 Å². The molecule has 174 valence electrons. The molecule has 0 saturated carbocycles. The molecule has 2 amide bonds. The van der Waals surface area contributed by atoms with Gasteiger partial charge in [0, 0.05) is 50.1 Å². The first-order chi connectivity index (χ1) is 16.0. The number of para-hydroxylation sites is 1. The standard InChI is InChI=1S/C24H28N4O5/c1-17-16-18-4-2-3-5-20(18)28(17)23(31)19-6-7-22(30)27(25-19)11-8-21(29)26-12-9-24(10-13-26)32-14-15-33-24/h2-7,17H,8-16H2,1H3. The lowest BCUT2D eigenvalue weighted by Crippen LogP contribution is -2.47. The van der Waals surface area contributed by atoms with E-state index in [1.165, 1.54) is 16.8 Å². The molecule has 0 radical (unpaired) electrons. The number of amides is 2. The Bertz CT molecular complexity index is 1110. The maximum absolute atomic E-state index is 13.2. The SMILES string of the molecule is CC1Cc2ccccc2N1C(=O)c1ccc(=O)n(CCC(=O)N2CCC3(CC2)OCCO3)n1. The van der Waals surface area contributed by atoms with E-state index in [1.807, 2.05) is 31.2 Å². The number of carbonyl (C=O) groups is 2. The first kappa shape index (κ1) is 21.8. The number of hydrogen-bond donors (Lipinski definition) is 0. The van der Waals surface area contributed by atoms with Crippen LogP contribution in [0.4, 0.5) is 5.69 Å². The van der Waals surface area contributed by atoms with E-state index < -0.39 is 5.79 Å². The van der Waals surface area contributed by atoms with Crippen LogP contribution < -0.4 is 10.5 Å². The lowest BCUT2D eigenvalue weighted by molar-refractivity contribution is -0.187. The Labute approximate surface area is 191 Å². The van der Waals surface area contributed by atoms with Gasteiger partial charge in [-0.25, -0.2) is 4.68 Å². The molecule has 2 saturated heterocycles. The number of rotatable bonds is 4. The molecule has 2 fully saturated rings. The van der Waals surface area contributed by atoms with Gasteiger partial charge in [-0.15, -0.1) is 0 Å². The molecule has 9 heteroatoms. The summed E-state index contributed by atoms with van der Waals surface area (Å²) in [7, 11) is 0. The van der Waals surface area contributed by atoms with Crippen molar-refractivity contribution < 1.29 is 19.1 Å². The zero-order chi connectivity index (χ0) is 23.0. The Balaban J connectivity index is 1.24. The van der Waals surface area contributed by atoms with Gasteiger partial charge >= 0.3 is 0 Å². The van der Waals surface area contributed by atoms with Gasteiger partial charge in [0.15, 0.2) is 5.79 Å². The van der Waals surface area contributed by atoms with E-state index in [0.29, 0.717) is 39.1 Å². The first-order valence-corrected chi connectivity index (χ1v) is 11.5. The highest BCUT2D eigenvalue weighted by molar-refractivity contribution is 6.06. The summed E-state index contributed by atoms with van der Waals surface area (Å²) in [5.41, 5.74) is 1.86. The zero-order valence-corrected chi connectivity index (χ0v) is 18.7. The largest absolute Gasteiger partial charge is 0.347 e. The molecule has 5 rings (SSSR count). The van der Waals surface area contributed by atoms with Crippen molar-refractivity contribution in [3.05, 3.63) is 58.0 Å². The van der Waals surface area contributed by atoms with Crippen molar-refractivity contribution in [2.45, 2.75) is 51.0 Å². The quantitative estimate of drug-likeness (QED) is 0.699. The third-order valence-corrected chi connectivity index (χ3v) is 6.74. The second-order valence-corrected chi connectivity index (χ2v) is 8.88. The number of nitrogens with zero attached hydrogens (tertiary/aromatic N) is 4. The lowest BCUT2D eigenvalue weighted by Gasteiger charge is -2.37. The summed E-state index contributed by atoms with van der Waals surface area (Å²) in [6, 6.07) is 10.6. The Morgan fingerprint density at radius 2 is 1.82 bits per heavy atom. The zero-order valence-electron chi connectivity index (χ0n) is 18.7. The number of aromatic nitrogens is 2. The van der Waals surface area contributed by atoms with Gasteiger partial charge in [0.2, 0.25) is 5.91 Å². The van der Waals surface area contributed by atoms with Gasteiger partial charge in [0.25, 0.3) is 11.5 Å². The van der Waals surface area contributed by atoms with Gasteiger partial charge in [-0.3, -0.25) is 14.4 Å². The number of likely N-dealkylation sites (tertiary alicyclic amines) is 1.